The number of rotatable bonds is 6. The number of hydrogen-bond acceptors (Lipinski definition) is 4. The van der Waals surface area contributed by atoms with Crippen LogP contribution in [0.15, 0.2) is 82.4 Å². The number of benzene rings is 3. The Bertz CT molecular complexity index is 1190. The molecular formula is C24H21BrN4OS. The number of nitrogens with zero attached hydrogens (tertiary/aromatic N) is 3. The van der Waals surface area contributed by atoms with E-state index in [2.05, 4.69) is 31.4 Å². The van der Waals surface area contributed by atoms with Crippen LogP contribution in [0.3, 0.4) is 0 Å². The van der Waals surface area contributed by atoms with Crippen LogP contribution in [0.1, 0.15) is 11.1 Å². The van der Waals surface area contributed by atoms with Crippen LogP contribution in [0.5, 0.6) is 0 Å². The molecule has 0 bridgehead atoms. The maximum atomic E-state index is 12.7. The zero-order valence-corrected chi connectivity index (χ0v) is 19.6. The summed E-state index contributed by atoms with van der Waals surface area (Å²) in [5, 5.41) is 12.5. The second kappa shape index (κ2) is 9.49. The van der Waals surface area contributed by atoms with Crippen molar-refractivity contribution in [3.63, 3.8) is 0 Å². The molecule has 0 unspecified atom stereocenters. The van der Waals surface area contributed by atoms with Crippen LogP contribution in [0, 0.1) is 13.8 Å². The van der Waals surface area contributed by atoms with E-state index in [1.807, 2.05) is 91.2 Å². The average molecular weight is 493 g/mol. The first kappa shape index (κ1) is 21.3. The zero-order valence-electron chi connectivity index (χ0n) is 17.2. The molecule has 5 nitrogen and oxygen atoms in total. The molecule has 1 heterocycles. The van der Waals surface area contributed by atoms with Crippen molar-refractivity contribution in [1.29, 1.82) is 0 Å². The minimum absolute atomic E-state index is 0.0811. The van der Waals surface area contributed by atoms with Crippen molar-refractivity contribution in [2.45, 2.75) is 19.0 Å². The van der Waals surface area contributed by atoms with Crippen molar-refractivity contribution in [1.82, 2.24) is 14.8 Å². The number of para-hydroxylation sites is 1. The average Bonchev–Trinajstić information content (AvgIpc) is 3.20. The molecule has 0 atom stereocenters. The Kier molecular flexibility index (Phi) is 6.53. The minimum atomic E-state index is -0.0811. The number of nitrogens with one attached hydrogen (secondary N) is 1. The second-order valence-electron chi connectivity index (χ2n) is 7.09. The van der Waals surface area contributed by atoms with Crippen molar-refractivity contribution < 1.29 is 4.79 Å². The van der Waals surface area contributed by atoms with E-state index in [-0.39, 0.29) is 11.7 Å². The minimum Gasteiger partial charge on any atom is -0.325 e. The Morgan fingerprint density at radius 1 is 0.968 bits per heavy atom. The molecule has 156 valence electrons. The maximum Gasteiger partial charge on any atom is 0.234 e. The van der Waals surface area contributed by atoms with Gasteiger partial charge in [0.2, 0.25) is 5.91 Å². The molecule has 0 fully saturated rings. The van der Waals surface area contributed by atoms with E-state index in [4.69, 9.17) is 0 Å². The van der Waals surface area contributed by atoms with Gasteiger partial charge in [0.25, 0.3) is 0 Å². The molecule has 3 aromatic carbocycles. The van der Waals surface area contributed by atoms with Gasteiger partial charge in [-0.1, -0.05) is 76.2 Å². The van der Waals surface area contributed by atoms with Gasteiger partial charge in [-0.15, -0.1) is 10.2 Å². The summed E-state index contributed by atoms with van der Waals surface area (Å²) in [6.45, 7) is 3.97. The summed E-state index contributed by atoms with van der Waals surface area (Å²) in [7, 11) is 0. The summed E-state index contributed by atoms with van der Waals surface area (Å²) >= 11 is 4.86. The van der Waals surface area contributed by atoms with E-state index >= 15 is 0 Å². The van der Waals surface area contributed by atoms with Crippen LogP contribution < -0.4 is 5.32 Å². The molecule has 1 amide bonds. The van der Waals surface area contributed by atoms with Crippen LogP contribution in [-0.2, 0) is 4.79 Å². The Morgan fingerprint density at radius 3 is 2.23 bits per heavy atom. The quantitative estimate of drug-likeness (QED) is 0.333. The van der Waals surface area contributed by atoms with E-state index < -0.39 is 0 Å². The van der Waals surface area contributed by atoms with Crippen LogP contribution in [0.2, 0.25) is 0 Å². The molecule has 1 N–H and O–H groups in total. The third-order valence-electron chi connectivity index (χ3n) is 4.77. The van der Waals surface area contributed by atoms with Crippen LogP contribution in [-0.4, -0.2) is 26.4 Å². The van der Waals surface area contributed by atoms with Crippen molar-refractivity contribution in [2.24, 2.45) is 0 Å². The molecule has 0 aliphatic carbocycles. The summed E-state index contributed by atoms with van der Waals surface area (Å²) in [6, 6.07) is 23.9. The highest BCUT2D eigenvalue weighted by atomic mass is 79.9. The van der Waals surface area contributed by atoms with Gasteiger partial charge < -0.3 is 5.32 Å². The lowest BCUT2D eigenvalue weighted by Crippen LogP contribution is -2.16. The molecule has 7 heteroatoms. The number of carbonyl (C=O) groups excluding carboxylic acids is 1. The summed E-state index contributed by atoms with van der Waals surface area (Å²) in [6.07, 6.45) is 0. The number of thioether (sulfide) groups is 1. The Balaban J connectivity index is 1.58. The Morgan fingerprint density at radius 2 is 1.58 bits per heavy atom. The first-order chi connectivity index (χ1) is 15.0. The smallest absolute Gasteiger partial charge is 0.234 e. The molecule has 0 aliphatic rings. The molecule has 0 spiro atoms. The third-order valence-corrected chi connectivity index (χ3v) is 6.16. The first-order valence-electron chi connectivity index (χ1n) is 9.78. The largest absolute Gasteiger partial charge is 0.325 e. The van der Waals surface area contributed by atoms with Gasteiger partial charge in [-0.05, 0) is 49.2 Å². The van der Waals surface area contributed by atoms with Crippen LogP contribution in [0.4, 0.5) is 5.69 Å². The Hall–Kier alpha value is -2.90. The highest BCUT2D eigenvalue weighted by molar-refractivity contribution is 9.10. The van der Waals surface area contributed by atoms with Crippen molar-refractivity contribution in [3.05, 3.63) is 88.4 Å². The molecule has 4 aromatic rings. The van der Waals surface area contributed by atoms with Gasteiger partial charge in [0.1, 0.15) is 0 Å². The molecular weight excluding hydrogens is 472 g/mol. The van der Waals surface area contributed by atoms with Gasteiger partial charge in [0.05, 0.1) is 5.75 Å². The van der Waals surface area contributed by atoms with Crippen LogP contribution >= 0.6 is 27.7 Å². The molecule has 4 rings (SSSR count). The number of halogens is 1. The van der Waals surface area contributed by atoms with E-state index in [1.165, 1.54) is 11.8 Å². The van der Waals surface area contributed by atoms with Gasteiger partial charge in [-0.3, -0.25) is 9.36 Å². The molecule has 0 saturated carbocycles. The number of amides is 1. The summed E-state index contributed by atoms with van der Waals surface area (Å²) < 4.78 is 2.99. The van der Waals surface area contributed by atoms with Gasteiger partial charge in [-0.25, -0.2) is 0 Å². The zero-order chi connectivity index (χ0) is 21.8. The molecule has 0 aliphatic heterocycles. The maximum absolute atomic E-state index is 12.7. The number of aromatic nitrogens is 3. The van der Waals surface area contributed by atoms with Crippen molar-refractivity contribution in [3.8, 4) is 17.1 Å². The fraction of sp³-hybridized carbons (Fsp3) is 0.125. The summed E-state index contributed by atoms with van der Waals surface area (Å²) in [5.41, 5.74) is 4.81. The lowest BCUT2D eigenvalue weighted by molar-refractivity contribution is -0.113. The molecule has 0 saturated heterocycles. The predicted molar refractivity (Wildman–Crippen MR) is 130 cm³/mol. The molecule has 0 radical (unpaired) electrons. The van der Waals surface area contributed by atoms with E-state index in [0.717, 1.165) is 38.4 Å². The van der Waals surface area contributed by atoms with Crippen molar-refractivity contribution in [2.75, 3.05) is 11.1 Å². The Labute approximate surface area is 194 Å². The molecule has 1 aromatic heterocycles. The monoisotopic (exact) mass is 492 g/mol. The number of carbonyl (C=O) groups is 1. The normalized spacial score (nSPS) is 10.8. The lowest BCUT2D eigenvalue weighted by Gasteiger charge is -2.13. The highest BCUT2D eigenvalue weighted by Gasteiger charge is 2.17. The topological polar surface area (TPSA) is 59.8 Å². The fourth-order valence-corrected chi connectivity index (χ4v) is 4.80. The third kappa shape index (κ3) is 4.89. The van der Waals surface area contributed by atoms with Gasteiger partial charge in [-0.2, -0.15) is 0 Å². The standard InChI is InChI=1S/C24H21BrN4OS/c1-16-13-19(25)14-17(2)22(16)26-21(30)15-31-24-28-27-23(18-9-5-3-6-10-18)29(24)20-11-7-4-8-12-20/h3-14H,15H2,1-2H3,(H,26,30). The number of aryl methyl sites for hydroxylation is 2. The predicted octanol–water partition coefficient (Wildman–Crippen LogP) is 6.04. The van der Waals surface area contributed by atoms with E-state index in [1.54, 1.807) is 0 Å². The van der Waals surface area contributed by atoms with Crippen molar-refractivity contribution >= 4 is 39.3 Å². The van der Waals surface area contributed by atoms with Gasteiger partial charge in [0.15, 0.2) is 11.0 Å². The van der Waals surface area contributed by atoms with Crippen LogP contribution in [0.25, 0.3) is 17.1 Å². The number of anilines is 1. The summed E-state index contributed by atoms with van der Waals surface area (Å²) in [4.78, 5) is 12.7. The van der Waals surface area contributed by atoms with E-state index in [9.17, 15) is 4.79 Å². The van der Waals surface area contributed by atoms with E-state index in [0.29, 0.717) is 5.16 Å². The second-order valence-corrected chi connectivity index (χ2v) is 8.95. The highest BCUT2D eigenvalue weighted by Crippen LogP contribution is 2.29. The first-order valence-corrected chi connectivity index (χ1v) is 11.6. The van der Waals surface area contributed by atoms with Gasteiger partial charge >= 0.3 is 0 Å². The fourth-order valence-electron chi connectivity index (χ4n) is 3.36. The van der Waals surface area contributed by atoms with Gasteiger partial charge in [0, 0.05) is 21.4 Å². The number of hydrogen-bond donors (Lipinski definition) is 1. The SMILES string of the molecule is Cc1cc(Br)cc(C)c1NC(=O)CSc1nnc(-c2ccccc2)n1-c1ccccc1. The molecule has 31 heavy (non-hydrogen) atoms. The summed E-state index contributed by atoms with van der Waals surface area (Å²) in [5.74, 6) is 0.894. The lowest BCUT2D eigenvalue weighted by atomic mass is 10.1.